The molecule has 0 atom stereocenters. The highest BCUT2D eigenvalue weighted by molar-refractivity contribution is 6.39. The normalized spacial score (nSPS) is 17.8. The summed E-state index contributed by atoms with van der Waals surface area (Å²) in [5.41, 5.74) is 5.25. The van der Waals surface area contributed by atoms with Gasteiger partial charge in [0.05, 0.1) is 10.0 Å². The summed E-state index contributed by atoms with van der Waals surface area (Å²) in [6, 6.07) is 12.2. The molecule has 0 saturated carbocycles. The molecule has 0 radical (unpaired) electrons. The third kappa shape index (κ3) is 2.74. The first-order valence-electron chi connectivity index (χ1n) is 7.86. The number of fused-ring (bicyclic) bond motifs is 1. The van der Waals surface area contributed by atoms with Gasteiger partial charge in [-0.05, 0) is 36.3 Å². The van der Waals surface area contributed by atoms with Gasteiger partial charge in [0.2, 0.25) is 0 Å². The first-order valence-corrected chi connectivity index (χ1v) is 8.62. The second kappa shape index (κ2) is 6.27. The summed E-state index contributed by atoms with van der Waals surface area (Å²) in [5.74, 6) is 0. The van der Waals surface area contributed by atoms with Crippen LogP contribution in [0.15, 0.2) is 53.2 Å². The molecule has 3 rings (SSSR count). The fourth-order valence-electron chi connectivity index (χ4n) is 3.24. The highest BCUT2D eigenvalue weighted by Crippen LogP contribution is 2.46. The fraction of sp³-hybridized carbons (Fsp3) is 0.250. The monoisotopic (exact) mass is 358 g/mol. The maximum absolute atomic E-state index is 6.32. The summed E-state index contributed by atoms with van der Waals surface area (Å²) in [7, 11) is 2.08. The van der Waals surface area contributed by atoms with E-state index in [0.29, 0.717) is 15.7 Å². The zero-order valence-electron chi connectivity index (χ0n) is 14.3. The Kier molecular flexibility index (Phi) is 4.46. The average Bonchev–Trinajstić information content (AvgIpc) is 2.75. The van der Waals surface area contributed by atoms with Crippen molar-refractivity contribution in [2.45, 2.75) is 26.2 Å². The van der Waals surface area contributed by atoms with Crippen LogP contribution in [0.3, 0.4) is 0 Å². The average molecular weight is 359 g/mol. The molecule has 2 aromatic rings. The SMILES string of the molecule is Cc1ccc(Cl)c(N=C/C=C2/N(C)c3ccccc3C2(C)C)c1Cl. The van der Waals surface area contributed by atoms with Gasteiger partial charge in [-0.25, -0.2) is 0 Å². The predicted octanol–water partition coefficient (Wildman–Crippen LogP) is 6.32. The van der Waals surface area contributed by atoms with Crippen molar-refractivity contribution >= 4 is 40.8 Å². The number of allylic oxidation sites excluding steroid dienone is 2. The van der Waals surface area contributed by atoms with Gasteiger partial charge < -0.3 is 4.90 Å². The van der Waals surface area contributed by atoms with Gasteiger partial charge in [-0.3, -0.25) is 4.99 Å². The highest BCUT2D eigenvalue weighted by Gasteiger charge is 2.37. The van der Waals surface area contributed by atoms with Crippen molar-refractivity contribution in [3.8, 4) is 0 Å². The summed E-state index contributed by atoms with van der Waals surface area (Å²) in [5, 5.41) is 1.15. The van der Waals surface area contributed by atoms with Gasteiger partial charge in [0.25, 0.3) is 0 Å². The Balaban J connectivity index is 1.98. The molecule has 0 spiro atoms. The van der Waals surface area contributed by atoms with Crippen LogP contribution < -0.4 is 4.90 Å². The molecule has 2 nitrogen and oxygen atoms in total. The Labute approximate surface area is 153 Å². The summed E-state index contributed by atoms with van der Waals surface area (Å²) in [6.07, 6.45) is 3.82. The third-order valence-electron chi connectivity index (χ3n) is 4.64. The van der Waals surface area contributed by atoms with Gasteiger partial charge in [0.15, 0.2) is 0 Å². The molecule has 0 aliphatic carbocycles. The number of hydrogen-bond donors (Lipinski definition) is 0. The molecule has 4 heteroatoms. The van der Waals surface area contributed by atoms with E-state index >= 15 is 0 Å². The van der Waals surface area contributed by atoms with Crippen molar-refractivity contribution in [3.63, 3.8) is 0 Å². The van der Waals surface area contributed by atoms with Crippen LogP contribution in [0.5, 0.6) is 0 Å². The zero-order chi connectivity index (χ0) is 17.5. The Bertz CT molecular complexity index is 851. The number of nitrogens with zero attached hydrogens (tertiary/aromatic N) is 2. The van der Waals surface area contributed by atoms with E-state index in [2.05, 4.69) is 55.1 Å². The smallest absolute Gasteiger partial charge is 0.100 e. The number of rotatable bonds is 2. The molecule has 1 heterocycles. The molecule has 1 aliphatic heterocycles. The molecular formula is C20H20Cl2N2. The molecule has 0 N–H and O–H groups in total. The van der Waals surface area contributed by atoms with Crippen molar-refractivity contribution in [2.24, 2.45) is 4.99 Å². The van der Waals surface area contributed by atoms with Gasteiger partial charge in [-0.2, -0.15) is 0 Å². The van der Waals surface area contributed by atoms with Gasteiger partial charge >= 0.3 is 0 Å². The number of anilines is 1. The standard InChI is InChI=1S/C20H20Cl2N2/c1-13-9-10-15(21)19(18(13)22)23-12-11-17-20(2,3)14-7-5-6-8-16(14)24(17)4/h5-12H,1-4H3/b17-11+,23-12?. The lowest BCUT2D eigenvalue weighted by atomic mass is 9.84. The van der Waals surface area contributed by atoms with E-state index in [0.717, 1.165) is 5.56 Å². The minimum Gasteiger partial charge on any atom is -0.347 e. The molecule has 2 aromatic carbocycles. The second-order valence-corrected chi connectivity index (χ2v) is 7.34. The van der Waals surface area contributed by atoms with E-state index in [9.17, 15) is 0 Å². The Hall–Kier alpha value is -1.77. The van der Waals surface area contributed by atoms with Gasteiger partial charge in [0.1, 0.15) is 5.69 Å². The van der Waals surface area contributed by atoms with Crippen LogP contribution >= 0.6 is 23.2 Å². The van der Waals surface area contributed by atoms with Crippen LogP contribution in [0.25, 0.3) is 0 Å². The maximum Gasteiger partial charge on any atom is 0.100 e. The largest absolute Gasteiger partial charge is 0.347 e. The number of likely N-dealkylation sites (N-methyl/N-ethyl adjacent to an activating group) is 1. The molecule has 0 unspecified atom stereocenters. The maximum atomic E-state index is 6.32. The molecule has 0 bridgehead atoms. The van der Waals surface area contributed by atoms with Gasteiger partial charge in [-0.15, -0.1) is 0 Å². The Morgan fingerprint density at radius 2 is 1.79 bits per heavy atom. The van der Waals surface area contributed by atoms with Gasteiger partial charge in [-0.1, -0.05) is 61.3 Å². The highest BCUT2D eigenvalue weighted by atomic mass is 35.5. The van der Waals surface area contributed by atoms with Crippen LogP contribution in [-0.4, -0.2) is 13.3 Å². The van der Waals surface area contributed by atoms with E-state index in [-0.39, 0.29) is 5.41 Å². The lowest BCUT2D eigenvalue weighted by Gasteiger charge is -2.23. The predicted molar refractivity (Wildman–Crippen MR) is 105 cm³/mol. The van der Waals surface area contributed by atoms with E-state index in [1.165, 1.54) is 16.9 Å². The van der Waals surface area contributed by atoms with E-state index in [4.69, 9.17) is 23.2 Å². The molecule has 0 fully saturated rings. The van der Waals surface area contributed by atoms with E-state index < -0.39 is 0 Å². The molecule has 0 amide bonds. The van der Waals surface area contributed by atoms with Crippen molar-refractivity contribution in [1.82, 2.24) is 0 Å². The van der Waals surface area contributed by atoms with Crippen molar-refractivity contribution in [2.75, 3.05) is 11.9 Å². The minimum absolute atomic E-state index is 0.0719. The number of aliphatic imine (C=N–C) groups is 1. The van der Waals surface area contributed by atoms with Crippen LogP contribution in [0.1, 0.15) is 25.0 Å². The topological polar surface area (TPSA) is 15.6 Å². The van der Waals surface area contributed by atoms with Crippen molar-refractivity contribution in [1.29, 1.82) is 0 Å². The lowest BCUT2D eigenvalue weighted by Crippen LogP contribution is -2.23. The van der Waals surface area contributed by atoms with Crippen LogP contribution in [-0.2, 0) is 5.41 Å². The zero-order valence-corrected chi connectivity index (χ0v) is 15.8. The molecule has 0 aromatic heterocycles. The first kappa shape index (κ1) is 17.1. The summed E-state index contributed by atoms with van der Waals surface area (Å²) in [6.45, 7) is 6.39. The van der Waals surface area contributed by atoms with E-state index in [1.54, 1.807) is 6.21 Å². The number of benzene rings is 2. The number of para-hydroxylation sites is 1. The molecule has 24 heavy (non-hydrogen) atoms. The quantitative estimate of drug-likeness (QED) is 0.573. The fourth-order valence-corrected chi connectivity index (χ4v) is 3.71. The van der Waals surface area contributed by atoms with Crippen LogP contribution in [0.4, 0.5) is 11.4 Å². The summed E-state index contributed by atoms with van der Waals surface area (Å²) < 4.78 is 0. The number of halogens is 2. The first-order chi connectivity index (χ1) is 11.3. The van der Waals surface area contributed by atoms with Crippen LogP contribution in [0.2, 0.25) is 10.0 Å². The second-order valence-electron chi connectivity index (χ2n) is 6.56. The third-order valence-corrected chi connectivity index (χ3v) is 5.42. The molecule has 1 aliphatic rings. The minimum atomic E-state index is -0.0719. The lowest BCUT2D eigenvalue weighted by molar-refractivity contribution is 0.641. The van der Waals surface area contributed by atoms with Crippen molar-refractivity contribution < 1.29 is 0 Å². The van der Waals surface area contributed by atoms with Crippen molar-refractivity contribution in [3.05, 3.63) is 69.3 Å². The Morgan fingerprint density at radius 1 is 1.08 bits per heavy atom. The van der Waals surface area contributed by atoms with Crippen LogP contribution in [0, 0.1) is 6.92 Å². The molecular weight excluding hydrogens is 339 g/mol. The summed E-state index contributed by atoms with van der Waals surface area (Å²) in [4.78, 5) is 6.71. The molecule has 124 valence electrons. The Morgan fingerprint density at radius 3 is 2.50 bits per heavy atom. The molecule has 0 saturated heterocycles. The van der Waals surface area contributed by atoms with Gasteiger partial charge in [0, 0.05) is 30.1 Å². The summed E-state index contributed by atoms with van der Waals surface area (Å²) >= 11 is 12.5. The number of aryl methyl sites for hydroxylation is 1. The van der Waals surface area contributed by atoms with E-state index in [1.807, 2.05) is 25.1 Å². The number of hydrogen-bond acceptors (Lipinski definition) is 2.